The summed E-state index contributed by atoms with van der Waals surface area (Å²) in [6.07, 6.45) is -0.401. The third-order valence-electron chi connectivity index (χ3n) is 2.25. The molecule has 3 N–H and O–H groups in total. The second-order valence-electron chi connectivity index (χ2n) is 3.57. The van der Waals surface area contributed by atoms with Gasteiger partial charge in [0.15, 0.2) is 0 Å². The predicted molar refractivity (Wildman–Crippen MR) is 54.5 cm³/mol. The molecule has 0 radical (unpaired) electrons. The lowest BCUT2D eigenvalue weighted by Gasteiger charge is -2.14. The Bertz CT molecular complexity index is 302. The van der Waals surface area contributed by atoms with Crippen molar-refractivity contribution in [3.63, 3.8) is 0 Å². The van der Waals surface area contributed by atoms with E-state index in [0.717, 1.165) is 11.1 Å². The maximum atomic E-state index is 13.5. The van der Waals surface area contributed by atoms with Crippen LogP contribution in [0.25, 0.3) is 0 Å². The smallest absolute Gasteiger partial charge is 0.129 e. The van der Waals surface area contributed by atoms with Gasteiger partial charge in [0, 0.05) is 5.56 Å². The first kappa shape index (κ1) is 11.1. The van der Waals surface area contributed by atoms with Crippen LogP contribution < -0.4 is 5.73 Å². The average molecular weight is 197 g/mol. The van der Waals surface area contributed by atoms with Crippen LogP contribution in [0.4, 0.5) is 4.39 Å². The van der Waals surface area contributed by atoms with E-state index in [9.17, 15) is 9.50 Å². The molecule has 14 heavy (non-hydrogen) atoms. The van der Waals surface area contributed by atoms with Gasteiger partial charge in [-0.3, -0.25) is 0 Å². The Morgan fingerprint density at radius 3 is 2.57 bits per heavy atom. The van der Waals surface area contributed by atoms with Crippen molar-refractivity contribution in [2.45, 2.75) is 26.4 Å². The van der Waals surface area contributed by atoms with Crippen LogP contribution >= 0.6 is 0 Å². The predicted octanol–water partition coefficient (Wildman–Crippen LogP) is 1.82. The highest BCUT2D eigenvalue weighted by molar-refractivity contribution is 5.33. The number of benzene rings is 1. The molecule has 78 valence electrons. The van der Waals surface area contributed by atoms with Gasteiger partial charge in [-0.1, -0.05) is 6.07 Å². The minimum absolute atomic E-state index is 0.344. The van der Waals surface area contributed by atoms with Crippen molar-refractivity contribution in [2.24, 2.45) is 5.73 Å². The number of halogens is 1. The molecule has 0 aliphatic rings. The molecule has 1 aromatic carbocycles. The first-order valence-corrected chi connectivity index (χ1v) is 4.71. The zero-order valence-electron chi connectivity index (χ0n) is 8.55. The maximum absolute atomic E-state index is 13.5. The summed E-state index contributed by atoms with van der Waals surface area (Å²) in [5.74, 6) is -0.344. The Hall–Kier alpha value is -0.930. The summed E-state index contributed by atoms with van der Waals surface area (Å²) in [6, 6.07) is 3.29. The third kappa shape index (κ3) is 2.30. The minimum Gasteiger partial charge on any atom is -0.388 e. The van der Waals surface area contributed by atoms with Gasteiger partial charge < -0.3 is 10.8 Å². The van der Waals surface area contributed by atoms with Crippen LogP contribution in [-0.4, -0.2) is 11.7 Å². The molecule has 0 aliphatic heterocycles. The first-order chi connectivity index (χ1) is 6.56. The van der Waals surface area contributed by atoms with Gasteiger partial charge in [0.05, 0.1) is 6.10 Å². The van der Waals surface area contributed by atoms with Gasteiger partial charge in [-0.05, 0) is 44.0 Å². The van der Waals surface area contributed by atoms with Crippen LogP contribution in [0.5, 0.6) is 0 Å². The van der Waals surface area contributed by atoms with Gasteiger partial charge in [0.2, 0.25) is 0 Å². The molecule has 3 heteroatoms. The standard InChI is InChI=1S/C11H16FNO/c1-7-5-8(2)11(9(12)6-7)10(14)3-4-13/h5-6,10,14H,3-4,13H2,1-2H3. The topological polar surface area (TPSA) is 46.2 Å². The lowest BCUT2D eigenvalue weighted by molar-refractivity contribution is 0.165. The van der Waals surface area contributed by atoms with Crippen molar-refractivity contribution >= 4 is 0 Å². The van der Waals surface area contributed by atoms with Gasteiger partial charge in [0.25, 0.3) is 0 Å². The van der Waals surface area contributed by atoms with Gasteiger partial charge in [-0.25, -0.2) is 4.39 Å². The number of nitrogens with two attached hydrogens (primary N) is 1. The fourth-order valence-electron chi connectivity index (χ4n) is 1.65. The quantitative estimate of drug-likeness (QED) is 0.776. The average Bonchev–Trinajstić information content (AvgIpc) is 2.01. The summed E-state index contributed by atoms with van der Waals surface area (Å²) >= 11 is 0. The minimum atomic E-state index is -0.791. The molecule has 2 nitrogen and oxygen atoms in total. The van der Waals surface area contributed by atoms with Crippen LogP contribution in [-0.2, 0) is 0 Å². The van der Waals surface area contributed by atoms with E-state index in [2.05, 4.69) is 0 Å². The molecule has 0 heterocycles. The molecule has 0 aromatic heterocycles. The summed E-state index contributed by atoms with van der Waals surface area (Å²) in [7, 11) is 0. The first-order valence-electron chi connectivity index (χ1n) is 4.71. The highest BCUT2D eigenvalue weighted by Gasteiger charge is 2.14. The van der Waals surface area contributed by atoms with Gasteiger partial charge in [-0.2, -0.15) is 0 Å². The van der Waals surface area contributed by atoms with Crippen molar-refractivity contribution in [3.8, 4) is 0 Å². The Morgan fingerprint density at radius 1 is 1.43 bits per heavy atom. The second kappa shape index (κ2) is 4.53. The molecule has 0 amide bonds. The van der Waals surface area contributed by atoms with E-state index < -0.39 is 6.10 Å². The summed E-state index contributed by atoms with van der Waals surface area (Å²) in [4.78, 5) is 0. The molecule has 1 aromatic rings. The van der Waals surface area contributed by atoms with E-state index in [1.807, 2.05) is 13.0 Å². The van der Waals surface area contributed by atoms with Crippen LogP contribution in [0.15, 0.2) is 12.1 Å². The Morgan fingerprint density at radius 2 is 2.07 bits per heavy atom. The van der Waals surface area contributed by atoms with E-state index in [-0.39, 0.29) is 5.82 Å². The highest BCUT2D eigenvalue weighted by atomic mass is 19.1. The van der Waals surface area contributed by atoms with E-state index in [4.69, 9.17) is 5.73 Å². The number of hydrogen-bond acceptors (Lipinski definition) is 2. The molecule has 0 aliphatic carbocycles. The fraction of sp³-hybridized carbons (Fsp3) is 0.455. The molecule has 1 atom stereocenters. The largest absolute Gasteiger partial charge is 0.388 e. The number of rotatable bonds is 3. The number of aliphatic hydroxyl groups is 1. The monoisotopic (exact) mass is 197 g/mol. The lowest BCUT2D eigenvalue weighted by atomic mass is 9.98. The van der Waals surface area contributed by atoms with Crippen molar-refractivity contribution in [1.29, 1.82) is 0 Å². The Balaban J connectivity index is 3.07. The van der Waals surface area contributed by atoms with Crippen molar-refractivity contribution in [3.05, 3.63) is 34.6 Å². The Kier molecular flexibility index (Phi) is 3.61. The third-order valence-corrected chi connectivity index (χ3v) is 2.25. The van der Waals surface area contributed by atoms with Gasteiger partial charge in [0.1, 0.15) is 5.82 Å². The lowest BCUT2D eigenvalue weighted by Crippen LogP contribution is -2.10. The molecular formula is C11H16FNO. The van der Waals surface area contributed by atoms with Gasteiger partial charge in [-0.15, -0.1) is 0 Å². The zero-order chi connectivity index (χ0) is 10.7. The molecule has 0 spiro atoms. The number of aryl methyl sites for hydroxylation is 2. The molecular weight excluding hydrogens is 181 g/mol. The van der Waals surface area contributed by atoms with E-state index in [1.54, 1.807) is 6.92 Å². The summed E-state index contributed by atoms with van der Waals surface area (Å²) in [6.45, 7) is 3.98. The van der Waals surface area contributed by atoms with Crippen LogP contribution in [0.2, 0.25) is 0 Å². The summed E-state index contributed by atoms with van der Waals surface area (Å²) in [5.41, 5.74) is 7.34. The molecule has 1 unspecified atom stereocenters. The van der Waals surface area contributed by atoms with E-state index in [0.29, 0.717) is 18.5 Å². The van der Waals surface area contributed by atoms with Crippen LogP contribution in [0.1, 0.15) is 29.2 Å². The molecule has 0 saturated heterocycles. The van der Waals surface area contributed by atoms with Crippen LogP contribution in [0, 0.1) is 19.7 Å². The molecule has 0 bridgehead atoms. The molecule has 0 fully saturated rings. The molecule has 0 saturated carbocycles. The van der Waals surface area contributed by atoms with E-state index in [1.165, 1.54) is 6.07 Å². The van der Waals surface area contributed by atoms with Crippen molar-refractivity contribution in [1.82, 2.24) is 0 Å². The van der Waals surface area contributed by atoms with Crippen molar-refractivity contribution < 1.29 is 9.50 Å². The normalized spacial score (nSPS) is 12.9. The van der Waals surface area contributed by atoms with Gasteiger partial charge >= 0.3 is 0 Å². The second-order valence-corrected chi connectivity index (χ2v) is 3.57. The molecule has 1 rings (SSSR count). The number of aliphatic hydroxyl groups excluding tert-OH is 1. The summed E-state index contributed by atoms with van der Waals surface area (Å²) < 4.78 is 13.5. The van der Waals surface area contributed by atoms with E-state index >= 15 is 0 Å². The highest BCUT2D eigenvalue weighted by Crippen LogP contribution is 2.24. The summed E-state index contributed by atoms with van der Waals surface area (Å²) in [5, 5.41) is 9.65. The van der Waals surface area contributed by atoms with Crippen LogP contribution in [0.3, 0.4) is 0 Å². The maximum Gasteiger partial charge on any atom is 0.129 e. The zero-order valence-corrected chi connectivity index (χ0v) is 8.55. The number of hydrogen-bond donors (Lipinski definition) is 2. The Labute approximate surface area is 83.6 Å². The SMILES string of the molecule is Cc1cc(C)c(C(O)CCN)c(F)c1. The fourth-order valence-corrected chi connectivity index (χ4v) is 1.65. The van der Waals surface area contributed by atoms with Crippen molar-refractivity contribution in [2.75, 3.05) is 6.54 Å².